The molecular weight excluding hydrogens is 392 g/mol. The minimum Gasteiger partial charge on any atom is -0.493 e. The lowest BCUT2D eigenvalue weighted by atomic mass is 10.1. The summed E-state index contributed by atoms with van der Waals surface area (Å²) in [5, 5.41) is 2.78. The van der Waals surface area contributed by atoms with Crippen LogP contribution in [-0.4, -0.2) is 33.1 Å². The molecule has 0 heterocycles. The molecule has 3 aromatic carbocycles. The Morgan fingerprint density at radius 1 is 0.871 bits per heavy atom. The first kappa shape index (κ1) is 21.6. The quantitative estimate of drug-likeness (QED) is 0.570. The monoisotopic (exact) mass is 416 g/mol. The van der Waals surface area contributed by atoms with E-state index in [1.54, 1.807) is 68.6 Å². The van der Waals surface area contributed by atoms with Crippen LogP contribution in [0.3, 0.4) is 0 Å². The van der Waals surface area contributed by atoms with E-state index in [0.717, 1.165) is 11.3 Å². The molecule has 0 aliphatic rings. The summed E-state index contributed by atoms with van der Waals surface area (Å²) < 4.78 is 10.5. The lowest BCUT2D eigenvalue weighted by molar-refractivity contribution is -0.111. The third kappa shape index (κ3) is 5.51. The Morgan fingerprint density at radius 3 is 2.32 bits per heavy atom. The van der Waals surface area contributed by atoms with E-state index in [2.05, 4.69) is 5.32 Å². The lowest BCUT2D eigenvalue weighted by Crippen LogP contribution is -2.26. The molecule has 0 radical (unpaired) electrons. The van der Waals surface area contributed by atoms with Gasteiger partial charge in [-0.15, -0.1) is 0 Å². The molecule has 1 N–H and O–H groups in total. The molecule has 31 heavy (non-hydrogen) atoms. The molecule has 0 atom stereocenters. The Balaban J connectivity index is 1.68. The number of anilines is 2. The largest absolute Gasteiger partial charge is 0.493 e. The van der Waals surface area contributed by atoms with Gasteiger partial charge in [0.15, 0.2) is 11.5 Å². The number of hydrogen-bond acceptors (Lipinski definition) is 4. The van der Waals surface area contributed by atoms with Gasteiger partial charge in [-0.3, -0.25) is 9.59 Å². The third-order valence-electron chi connectivity index (χ3n) is 4.66. The van der Waals surface area contributed by atoms with E-state index in [1.807, 2.05) is 36.4 Å². The zero-order valence-electron chi connectivity index (χ0n) is 17.7. The molecule has 3 rings (SSSR count). The number of ether oxygens (including phenoxy) is 2. The average Bonchev–Trinajstić information content (AvgIpc) is 2.82. The number of amides is 2. The summed E-state index contributed by atoms with van der Waals surface area (Å²) in [6.07, 6.45) is 3.10. The van der Waals surface area contributed by atoms with E-state index in [-0.39, 0.29) is 11.8 Å². The summed E-state index contributed by atoms with van der Waals surface area (Å²) in [5.74, 6) is 0.726. The van der Waals surface area contributed by atoms with Crippen molar-refractivity contribution in [3.8, 4) is 11.5 Å². The summed E-state index contributed by atoms with van der Waals surface area (Å²) in [6, 6.07) is 21.6. The summed E-state index contributed by atoms with van der Waals surface area (Å²) >= 11 is 0. The van der Waals surface area contributed by atoms with Gasteiger partial charge in [0.05, 0.1) is 14.2 Å². The number of methoxy groups -OCH3 is 2. The van der Waals surface area contributed by atoms with Crippen LogP contribution < -0.4 is 19.7 Å². The molecule has 0 saturated carbocycles. The maximum absolute atomic E-state index is 12.8. The smallest absolute Gasteiger partial charge is 0.258 e. The van der Waals surface area contributed by atoms with Crippen molar-refractivity contribution in [2.45, 2.75) is 0 Å². The molecule has 3 aromatic rings. The first-order chi connectivity index (χ1) is 15.0. The predicted octanol–water partition coefficient (Wildman–Crippen LogP) is 4.63. The minimum atomic E-state index is -0.309. The summed E-state index contributed by atoms with van der Waals surface area (Å²) in [6.45, 7) is 0. The molecule has 158 valence electrons. The average molecular weight is 416 g/mol. The summed E-state index contributed by atoms with van der Waals surface area (Å²) in [5.41, 5.74) is 2.60. The highest BCUT2D eigenvalue weighted by atomic mass is 16.5. The Morgan fingerprint density at radius 2 is 1.61 bits per heavy atom. The van der Waals surface area contributed by atoms with E-state index in [1.165, 1.54) is 6.08 Å². The van der Waals surface area contributed by atoms with Gasteiger partial charge in [-0.1, -0.05) is 30.3 Å². The van der Waals surface area contributed by atoms with Gasteiger partial charge in [-0.25, -0.2) is 0 Å². The van der Waals surface area contributed by atoms with E-state index in [4.69, 9.17) is 9.47 Å². The number of para-hydroxylation sites is 1. The summed E-state index contributed by atoms with van der Waals surface area (Å²) in [7, 11) is 4.84. The van der Waals surface area contributed by atoms with E-state index in [0.29, 0.717) is 22.7 Å². The van der Waals surface area contributed by atoms with Crippen molar-refractivity contribution in [1.29, 1.82) is 0 Å². The Hall–Kier alpha value is -4.06. The molecule has 0 aliphatic carbocycles. The maximum atomic E-state index is 12.8. The highest BCUT2D eigenvalue weighted by Crippen LogP contribution is 2.28. The fourth-order valence-corrected chi connectivity index (χ4v) is 3.00. The molecule has 0 saturated heterocycles. The molecule has 0 aromatic heterocycles. The molecule has 2 amide bonds. The number of benzene rings is 3. The first-order valence-electron chi connectivity index (χ1n) is 9.66. The van der Waals surface area contributed by atoms with Crippen LogP contribution in [0.4, 0.5) is 11.4 Å². The van der Waals surface area contributed by atoms with Gasteiger partial charge >= 0.3 is 0 Å². The van der Waals surface area contributed by atoms with Crippen LogP contribution in [0.1, 0.15) is 15.9 Å². The highest BCUT2D eigenvalue weighted by molar-refractivity contribution is 6.07. The van der Waals surface area contributed by atoms with Crippen molar-refractivity contribution in [1.82, 2.24) is 0 Å². The molecule has 0 unspecified atom stereocenters. The molecule has 0 aliphatic heterocycles. The van der Waals surface area contributed by atoms with E-state index < -0.39 is 0 Å². The van der Waals surface area contributed by atoms with Crippen molar-refractivity contribution in [3.63, 3.8) is 0 Å². The van der Waals surface area contributed by atoms with Crippen molar-refractivity contribution < 1.29 is 19.1 Å². The van der Waals surface area contributed by atoms with Gasteiger partial charge in [0.2, 0.25) is 5.91 Å². The Bertz CT molecular complexity index is 1090. The molecule has 6 heteroatoms. The zero-order chi connectivity index (χ0) is 22.2. The number of hydrogen-bond donors (Lipinski definition) is 1. The lowest BCUT2D eigenvalue weighted by Gasteiger charge is -2.17. The van der Waals surface area contributed by atoms with Gasteiger partial charge < -0.3 is 19.7 Å². The van der Waals surface area contributed by atoms with Gasteiger partial charge in [0, 0.05) is 30.1 Å². The fourth-order valence-electron chi connectivity index (χ4n) is 3.00. The van der Waals surface area contributed by atoms with Crippen LogP contribution in [0.15, 0.2) is 78.9 Å². The van der Waals surface area contributed by atoms with Crippen LogP contribution in [0.2, 0.25) is 0 Å². The molecular formula is C25H24N2O4. The number of rotatable bonds is 7. The molecule has 0 bridgehead atoms. The second kappa shape index (κ2) is 10.1. The van der Waals surface area contributed by atoms with Gasteiger partial charge in [0.1, 0.15) is 0 Å². The summed E-state index contributed by atoms with van der Waals surface area (Å²) in [4.78, 5) is 26.7. The zero-order valence-corrected chi connectivity index (χ0v) is 17.7. The maximum Gasteiger partial charge on any atom is 0.258 e. The number of carbonyl (C=O) groups is 2. The number of carbonyl (C=O) groups excluding carboxylic acids is 2. The second-order valence-electron chi connectivity index (χ2n) is 6.72. The van der Waals surface area contributed by atoms with Gasteiger partial charge in [-0.2, -0.15) is 0 Å². The number of nitrogens with one attached hydrogen (secondary N) is 1. The standard InChI is InChI=1S/C25H24N2O4/c1-27(21-10-5-4-6-11-21)25(29)19-8-7-9-20(17-19)26-24(28)15-13-18-12-14-22(30-2)23(16-18)31-3/h4-17H,1-3H3,(H,26,28)/b15-13+. The normalized spacial score (nSPS) is 10.5. The highest BCUT2D eigenvalue weighted by Gasteiger charge is 2.14. The number of nitrogens with zero attached hydrogens (tertiary/aromatic N) is 1. The van der Waals surface area contributed by atoms with Crippen molar-refractivity contribution in [3.05, 3.63) is 90.0 Å². The fraction of sp³-hybridized carbons (Fsp3) is 0.120. The Labute approximate surface area is 181 Å². The molecule has 0 spiro atoms. The topological polar surface area (TPSA) is 67.9 Å². The minimum absolute atomic E-state index is 0.164. The predicted molar refractivity (Wildman–Crippen MR) is 123 cm³/mol. The van der Waals surface area contributed by atoms with E-state index >= 15 is 0 Å². The van der Waals surface area contributed by atoms with Crippen molar-refractivity contribution >= 4 is 29.3 Å². The SMILES string of the molecule is COc1ccc(/C=C/C(=O)Nc2cccc(C(=O)N(C)c3ccccc3)c2)cc1OC. The van der Waals surface area contributed by atoms with E-state index in [9.17, 15) is 9.59 Å². The second-order valence-corrected chi connectivity index (χ2v) is 6.72. The van der Waals surface area contributed by atoms with Crippen molar-refractivity contribution in [2.75, 3.05) is 31.5 Å². The molecule has 0 fully saturated rings. The first-order valence-corrected chi connectivity index (χ1v) is 9.66. The van der Waals surface area contributed by atoms with Crippen LogP contribution in [0, 0.1) is 0 Å². The van der Waals surface area contributed by atoms with Crippen molar-refractivity contribution in [2.24, 2.45) is 0 Å². The third-order valence-corrected chi connectivity index (χ3v) is 4.66. The van der Waals surface area contributed by atoms with Crippen LogP contribution >= 0.6 is 0 Å². The van der Waals surface area contributed by atoms with Gasteiger partial charge in [0.25, 0.3) is 5.91 Å². The van der Waals surface area contributed by atoms with Crippen LogP contribution in [0.5, 0.6) is 11.5 Å². The van der Waals surface area contributed by atoms with Gasteiger partial charge in [-0.05, 0) is 54.1 Å². The Kier molecular flexibility index (Phi) is 7.06. The van der Waals surface area contributed by atoms with Crippen LogP contribution in [0.25, 0.3) is 6.08 Å². The van der Waals surface area contributed by atoms with Crippen LogP contribution in [-0.2, 0) is 4.79 Å². The molecule has 6 nitrogen and oxygen atoms in total.